The fourth-order valence-corrected chi connectivity index (χ4v) is 3.17. The number of carbonyl (C=O) groups is 2. The molecule has 1 aliphatic heterocycles. The van der Waals surface area contributed by atoms with Crippen molar-refractivity contribution in [3.05, 3.63) is 53.6 Å². The number of rotatable bonds is 6. The third-order valence-corrected chi connectivity index (χ3v) is 4.51. The highest BCUT2D eigenvalue weighted by Gasteiger charge is 2.22. The Labute approximate surface area is 162 Å². The summed E-state index contributed by atoms with van der Waals surface area (Å²) < 4.78 is 40.8. The van der Waals surface area contributed by atoms with E-state index in [0.29, 0.717) is 36.0 Å². The normalized spacial score (nSPS) is 14.1. The summed E-state index contributed by atoms with van der Waals surface area (Å²) in [6.45, 7) is 2.31. The van der Waals surface area contributed by atoms with Gasteiger partial charge in [-0.05, 0) is 49.4 Å². The monoisotopic (exact) mass is 405 g/mol. The summed E-state index contributed by atoms with van der Waals surface area (Å²) in [4.78, 5) is 24.8. The first kappa shape index (κ1) is 19.7. The predicted molar refractivity (Wildman–Crippen MR) is 102 cm³/mol. The van der Waals surface area contributed by atoms with E-state index in [1.807, 2.05) is 0 Å². The van der Waals surface area contributed by atoms with Crippen LogP contribution in [0.3, 0.4) is 0 Å². The first-order chi connectivity index (χ1) is 13.2. The van der Waals surface area contributed by atoms with Gasteiger partial charge in [0, 0.05) is 11.3 Å². The van der Waals surface area contributed by atoms with Crippen LogP contribution >= 0.6 is 0 Å². The lowest BCUT2D eigenvalue weighted by atomic mass is 10.1. The maximum Gasteiger partial charge on any atom is 0.338 e. The van der Waals surface area contributed by atoms with Crippen LogP contribution in [0.25, 0.3) is 0 Å². The van der Waals surface area contributed by atoms with Gasteiger partial charge in [0.05, 0.1) is 11.8 Å². The molecule has 2 aromatic rings. The molecule has 0 saturated heterocycles. The van der Waals surface area contributed by atoms with E-state index in [1.54, 1.807) is 12.1 Å². The Bertz CT molecular complexity index is 999. The molecule has 1 heterocycles. The van der Waals surface area contributed by atoms with Crippen LogP contribution in [-0.4, -0.2) is 45.7 Å². The van der Waals surface area contributed by atoms with E-state index in [4.69, 9.17) is 14.2 Å². The van der Waals surface area contributed by atoms with Crippen molar-refractivity contribution in [2.75, 3.05) is 24.2 Å². The highest BCUT2D eigenvalue weighted by atomic mass is 32.2. The first-order valence-electron chi connectivity index (χ1n) is 8.45. The van der Waals surface area contributed by atoms with Crippen molar-refractivity contribution >= 4 is 27.5 Å². The van der Waals surface area contributed by atoms with E-state index in [1.165, 1.54) is 37.3 Å². The number of fused-ring (bicyclic) bond motifs is 1. The van der Waals surface area contributed by atoms with E-state index < -0.39 is 27.9 Å². The van der Waals surface area contributed by atoms with E-state index >= 15 is 0 Å². The maximum atomic E-state index is 12.5. The van der Waals surface area contributed by atoms with Crippen LogP contribution in [0.15, 0.2) is 42.5 Å². The molecule has 1 atom stereocenters. The SMILES string of the molecule is CC(OC(=O)c1ccc2c(c1)OCCO2)C(=O)c1ccc(NS(C)(=O)=O)cc1. The molecule has 0 radical (unpaired) electrons. The zero-order valence-corrected chi connectivity index (χ0v) is 16.1. The maximum absolute atomic E-state index is 12.5. The molecule has 8 nitrogen and oxygen atoms in total. The molecule has 0 aromatic heterocycles. The molecule has 2 aromatic carbocycles. The number of esters is 1. The van der Waals surface area contributed by atoms with E-state index in [0.717, 1.165) is 6.26 Å². The number of ether oxygens (including phenoxy) is 3. The van der Waals surface area contributed by atoms with Crippen LogP contribution in [0.5, 0.6) is 11.5 Å². The second kappa shape index (κ2) is 7.89. The van der Waals surface area contributed by atoms with Gasteiger partial charge in [-0.25, -0.2) is 13.2 Å². The largest absolute Gasteiger partial charge is 0.486 e. The van der Waals surface area contributed by atoms with Crippen LogP contribution in [0, 0.1) is 0 Å². The first-order valence-corrected chi connectivity index (χ1v) is 10.3. The average molecular weight is 405 g/mol. The highest BCUT2D eigenvalue weighted by molar-refractivity contribution is 7.92. The average Bonchev–Trinajstić information content (AvgIpc) is 2.66. The Kier molecular flexibility index (Phi) is 5.55. The van der Waals surface area contributed by atoms with E-state index in [2.05, 4.69) is 4.72 Å². The Morgan fingerprint density at radius 2 is 1.61 bits per heavy atom. The second-order valence-electron chi connectivity index (χ2n) is 6.22. The molecule has 0 amide bonds. The molecule has 0 aliphatic carbocycles. The molecule has 0 spiro atoms. The van der Waals surface area contributed by atoms with Gasteiger partial charge in [0.2, 0.25) is 15.8 Å². The third-order valence-electron chi connectivity index (χ3n) is 3.90. The fourth-order valence-electron chi connectivity index (χ4n) is 2.60. The zero-order chi connectivity index (χ0) is 20.3. The highest BCUT2D eigenvalue weighted by Crippen LogP contribution is 2.31. The van der Waals surface area contributed by atoms with Crippen molar-refractivity contribution in [2.24, 2.45) is 0 Å². The predicted octanol–water partition coefficient (Wildman–Crippen LogP) is 2.26. The van der Waals surface area contributed by atoms with Crippen molar-refractivity contribution in [1.29, 1.82) is 0 Å². The van der Waals surface area contributed by atoms with Crippen LogP contribution in [0.1, 0.15) is 27.6 Å². The molecule has 148 valence electrons. The van der Waals surface area contributed by atoms with E-state index in [9.17, 15) is 18.0 Å². The van der Waals surface area contributed by atoms with Crippen molar-refractivity contribution in [1.82, 2.24) is 0 Å². The Hall–Kier alpha value is -3.07. The van der Waals surface area contributed by atoms with Gasteiger partial charge >= 0.3 is 5.97 Å². The molecule has 9 heteroatoms. The van der Waals surface area contributed by atoms with Crippen LogP contribution < -0.4 is 14.2 Å². The summed E-state index contributed by atoms with van der Waals surface area (Å²) in [7, 11) is -3.40. The van der Waals surface area contributed by atoms with Crippen molar-refractivity contribution in [2.45, 2.75) is 13.0 Å². The molecule has 1 unspecified atom stereocenters. The van der Waals surface area contributed by atoms with Gasteiger partial charge in [0.15, 0.2) is 17.6 Å². The van der Waals surface area contributed by atoms with Gasteiger partial charge < -0.3 is 14.2 Å². The lowest BCUT2D eigenvalue weighted by Crippen LogP contribution is -2.24. The number of sulfonamides is 1. The van der Waals surface area contributed by atoms with Crippen LogP contribution in [0.2, 0.25) is 0 Å². The van der Waals surface area contributed by atoms with Crippen molar-refractivity contribution < 1.29 is 32.2 Å². The molecule has 0 bridgehead atoms. The number of Topliss-reactive ketones (excluding diaryl/α,β-unsaturated/α-hetero) is 1. The summed E-state index contributed by atoms with van der Waals surface area (Å²) in [5, 5.41) is 0. The van der Waals surface area contributed by atoms with Gasteiger partial charge in [0.25, 0.3) is 0 Å². The molecule has 0 saturated carbocycles. The summed E-state index contributed by atoms with van der Waals surface area (Å²) in [6, 6.07) is 10.5. The molecule has 3 rings (SSSR count). The number of benzene rings is 2. The third kappa shape index (κ3) is 4.80. The number of ketones is 1. The Morgan fingerprint density at radius 3 is 2.25 bits per heavy atom. The number of carbonyl (C=O) groups excluding carboxylic acids is 2. The fraction of sp³-hybridized carbons (Fsp3) is 0.263. The van der Waals surface area contributed by atoms with Gasteiger partial charge in [-0.2, -0.15) is 0 Å². The zero-order valence-electron chi connectivity index (χ0n) is 15.3. The summed E-state index contributed by atoms with van der Waals surface area (Å²) in [5.74, 6) is -0.0617. The van der Waals surface area contributed by atoms with Gasteiger partial charge in [-0.1, -0.05) is 0 Å². The number of anilines is 1. The summed E-state index contributed by atoms with van der Waals surface area (Å²) in [5.41, 5.74) is 0.873. The standard InChI is InChI=1S/C19H19NO7S/c1-12(18(21)13-3-6-15(7-4-13)20-28(2,23)24)27-19(22)14-5-8-16-17(11-14)26-10-9-25-16/h3-8,11-12,20H,9-10H2,1-2H3. The van der Waals surface area contributed by atoms with Crippen LogP contribution in [0.4, 0.5) is 5.69 Å². The number of nitrogens with one attached hydrogen (secondary N) is 1. The minimum Gasteiger partial charge on any atom is -0.486 e. The van der Waals surface area contributed by atoms with Gasteiger partial charge in [-0.3, -0.25) is 9.52 Å². The van der Waals surface area contributed by atoms with Crippen molar-refractivity contribution in [3.8, 4) is 11.5 Å². The molecule has 1 aliphatic rings. The number of hydrogen-bond donors (Lipinski definition) is 1. The lowest BCUT2D eigenvalue weighted by molar-refractivity contribution is 0.0318. The lowest BCUT2D eigenvalue weighted by Gasteiger charge is -2.19. The molecular weight excluding hydrogens is 386 g/mol. The summed E-state index contributed by atoms with van der Waals surface area (Å²) in [6.07, 6.45) is 0.0141. The quantitative estimate of drug-likeness (QED) is 0.580. The van der Waals surface area contributed by atoms with Gasteiger partial charge in [-0.15, -0.1) is 0 Å². The van der Waals surface area contributed by atoms with Gasteiger partial charge in [0.1, 0.15) is 13.2 Å². The smallest absolute Gasteiger partial charge is 0.338 e. The number of hydrogen-bond acceptors (Lipinski definition) is 7. The van der Waals surface area contributed by atoms with E-state index in [-0.39, 0.29) is 5.56 Å². The van der Waals surface area contributed by atoms with Crippen LogP contribution in [-0.2, 0) is 14.8 Å². The van der Waals surface area contributed by atoms with Crippen molar-refractivity contribution in [3.63, 3.8) is 0 Å². The summed E-state index contributed by atoms with van der Waals surface area (Å²) >= 11 is 0. The molecular formula is C19H19NO7S. The molecule has 0 fully saturated rings. The molecule has 1 N–H and O–H groups in total. The molecule has 28 heavy (non-hydrogen) atoms. The minimum atomic E-state index is -3.40. The Balaban J connectivity index is 1.66. The topological polar surface area (TPSA) is 108 Å². The minimum absolute atomic E-state index is 0.247. The Morgan fingerprint density at radius 1 is 1.00 bits per heavy atom. The second-order valence-corrected chi connectivity index (χ2v) is 7.97.